The van der Waals surface area contributed by atoms with E-state index in [1.54, 1.807) is 16.7 Å². The molecule has 2 unspecified atom stereocenters. The van der Waals surface area contributed by atoms with Crippen LogP contribution in [-0.4, -0.2) is 69.0 Å². The van der Waals surface area contributed by atoms with Crippen LogP contribution >= 0.6 is 11.8 Å². The molecule has 0 aromatic heterocycles. The second-order valence-corrected chi connectivity index (χ2v) is 12.2. The van der Waals surface area contributed by atoms with Crippen molar-refractivity contribution < 1.29 is 19.5 Å². The van der Waals surface area contributed by atoms with Gasteiger partial charge in [-0.1, -0.05) is 26.2 Å². The van der Waals surface area contributed by atoms with E-state index in [0.717, 1.165) is 44.9 Å². The van der Waals surface area contributed by atoms with Crippen LogP contribution < -0.4 is 10.6 Å². The standard InChI is InChI=1S/C24H39N3O4S/c1-3-13-25-20(29)17-18-22(31)27(14-7-8-15-28)19(24(18)12-11-23(17,2)32-24)21(30)26-16-9-5-4-6-10-16/h16-19,28H,3-15H2,1-2H3,(H,25,29)(H,26,30)/t17-,18-,19?,23+,24?/m0/s1. The molecule has 3 N–H and O–H groups in total. The molecule has 4 aliphatic rings. The predicted molar refractivity (Wildman–Crippen MR) is 125 cm³/mol. The molecule has 1 spiro atoms. The van der Waals surface area contributed by atoms with Gasteiger partial charge >= 0.3 is 0 Å². The SMILES string of the molecule is CCCNC(=O)[C@@H]1[C@H]2C(=O)N(CCCCO)C(C(=O)NC3CCCCC3)C23CC[C@@]1(C)S3. The molecule has 3 amide bonds. The van der Waals surface area contributed by atoms with E-state index in [1.165, 1.54) is 6.42 Å². The Morgan fingerprint density at radius 3 is 2.59 bits per heavy atom. The van der Waals surface area contributed by atoms with Crippen LogP contribution in [0.5, 0.6) is 0 Å². The lowest BCUT2D eigenvalue weighted by molar-refractivity contribution is -0.140. The number of aliphatic hydroxyl groups excluding tert-OH is 1. The quantitative estimate of drug-likeness (QED) is 0.454. The maximum absolute atomic E-state index is 13.8. The van der Waals surface area contributed by atoms with E-state index in [0.29, 0.717) is 25.9 Å². The van der Waals surface area contributed by atoms with Gasteiger partial charge in [-0.3, -0.25) is 14.4 Å². The highest BCUT2D eigenvalue weighted by Crippen LogP contribution is 2.71. The van der Waals surface area contributed by atoms with Crippen molar-refractivity contribution in [3.63, 3.8) is 0 Å². The molecule has 5 atom stereocenters. The van der Waals surface area contributed by atoms with Crippen LogP contribution in [0.3, 0.4) is 0 Å². The van der Waals surface area contributed by atoms with Crippen molar-refractivity contribution in [2.45, 2.75) is 99.6 Å². The smallest absolute Gasteiger partial charge is 0.244 e. The van der Waals surface area contributed by atoms with Crippen molar-refractivity contribution in [2.75, 3.05) is 19.7 Å². The monoisotopic (exact) mass is 465 g/mol. The fraction of sp³-hybridized carbons (Fsp3) is 0.875. The van der Waals surface area contributed by atoms with E-state index in [1.807, 2.05) is 6.92 Å². The fourth-order valence-corrected chi connectivity index (χ4v) is 9.00. The molecule has 0 aromatic rings. The van der Waals surface area contributed by atoms with Crippen molar-refractivity contribution in [1.29, 1.82) is 0 Å². The van der Waals surface area contributed by atoms with Crippen LogP contribution in [0.25, 0.3) is 0 Å². The Bertz CT molecular complexity index is 743. The fourth-order valence-electron chi connectivity index (χ4n) is 6.65. The number of carbonyl (C=O) groups excluding carboxylic acids is 3. The summed E-state index contributed by atoms with van der Waals surface area (Å²) < 4.78 is -0.837. The zero-order chi connectivity index (χ0) is 22.9. The molecule has 4 rings (SSSR count). The molecule has 1 aliphatic carbocycles. The average Bonchev–Trinajstić information content (AvgIpc) is 3.34. The largest absolute Gasteiger partial charge is 0.396 e. The predicted octanol–water partition coefficient (Wildman–Crippen LogP) is 2.22. The van der Waals surface area contributed by atoms with Gasteiger partial charge in [-0.15, -0.1) is 11.8 Å². The number of likely N-dealkylation sites (tertiary alicyclic amines) is 1. The highest BCUT2D eigenvalue weighted by Gasteiger charge is 2.76. The van der Waals surface area contributed by atoms with Gasteiger partial charge in [-0.25, -0.2) is 0 Å². The summed E-state index contributed by atoms with van der Waals surface area (Å²) in [5.74, 6) is -0.958. The van der Waals surface area contributed by atoms with E-state index in [4.69, 9.17) is 0 Å². The molecule has 0 aromatic carbocycles. The second kappa shape index (κ2) is 9.53. The van der Waals surface area contributed by atoms with Gasteiger partial charge in [0.15, 0.2) is 0 Å². The number of fused-ring (bicyclic) bond motifs is 1. The van der Waals surface area contributed by atoms with Gasteiger partial charge in [0.2, 0.25) is 17.7 Å². The minimum Gasteiger partial charge on any atom is -0.396 e. The minimum absolute atomic E-state index is 0.0366. The zero-order valence-corrected chi connectivity index (χ0v) is 20.3. The molecule has 4 fully saturated rings. The molecule has 3 saturated heterocycles. The van der Waals surface area contributed by atoms with Crippen molar-refractivity contribution in [2.24, 2.45) is 11.8 Å². The number of carbonyl (C=O) groups is 3. The van der Waals surface area contributed by atoms with Gasteiger partial charge in [0.05, 0.1) is 16.6 Å². The molecule has 2 bridgehead atoms. The molecule has 3 aliphatic heterocycles. The van der Waals surface area contributed by atoms with Gasteiger partial charge in [0, 0.05) is 30.5 Å². The van der Waals surface area contributed by atoms with Crippen LogP contribution in [0.4, 0.5) is 0 Å². The summed E-state index contributed by atoms with van der Waals surface area (Å²) >= 11 is 1.73. The minimum atomic E-state index is -0.531. The Morgan fingerprint density at radius 1 is 1.16 bits per heavy atom. The Balaban J connectivity index is 1.63. The number of amides is 3. The first-order valence-corrected chi connectivity index (χ1v) is 13.4. The van der Waals surface area contributed by atoms with Crippen LogP contribution in [0.1, 0.15) is 78.1 Å². The molecule has 0 radical (unpaired) electrons. The molecule has 1 saturated carbocycles. The van der Waals surface area contributed by atoms with Crippen molar-refractivity contribution in [3.05, 3.63) is 0 Å². The number of nitrogens with zero attached hydrogens (tertiary/aromatic N) is 1. The summed E-state index contributed by atoms with van der Waals surface area (Å²) in [5.41, 5.74) is 0. The summed E-state index contributed by atoms with van der Waals surface area (Å²) in [6.45, 7) is 5.27. The highest BCUT2D eigenvalue weighted by atomic mass is 32.2. The van der Waals surface area contributed by atoms with Gasteiger partial charge in [0.25, 0.3) is 0 Å². The Kier molecular flexibility index (Phi) is 7.11. The number of hydrogen-bond acceptors (Lipinski definition) is 5. The maximum atomic E-state index is 13.8. The Hall–Kier alpha value is -1.28. The van der Waals surface area contributed by atoms with Crippen LogP contribution in [0.15, 0.2) is 0 Å². The third-order valence-corrected chi connectivity index (χ3v) is 10.1. The average molecular weight is 466 g/mol. The Morgan fingerprint density at radius 2 is 1.91 bits per heavy atom. The van der Waals surface area contributed by atoms with Crippen LogP contribution in [0.2, 0.25) is 0 Å². The first-order chi connectivity index (χ1) is 15.4. The van der Waals surface area contributed by atoms with E-state index in [9.17, 15) is 19.5 Å². The van der Waals surface area contributed by atoms with Crippen LogP contribution in [0, 0.1) is 11.8 Å². The van der Waals surface area contributed by atoms with Gasteiger partial charge in [0.1, 0.15) is 6.04 Å². The number of thioether (sulfide) groups is 1. The number of unbranched alkanes of at least 4 members (excludes halogenated alkanes) is 1. The van der Waals surface area contributed by atoms with Crippen molar-refractivity contribution in [3.8, 4) is 0 Å². The van der Waals surface area contributed by atoms with Crippen molar-refractivity contribution >= 4 is 29.5 Å². The zero-order valence-electron chi connectivity index (χ0n) is 19.5. The molecule has 180 valence electrons. The Labute approximate surface area is 195 Å². The molecule has 7 nitrogen and oxygen atoms in total. The van der Waals surface area contributed by atoms with E-state index in [-0.39, 0.29) is 35.1 Å². The summed E-state index contributed by atoms with van der Waals surface area (Å²) in [7, 11) is 0. The lowest BCUT2D eigenvalue weighted by atomic mass is 9.66. The summed E-state index contributed by atoms with van der Waals surface area (Å²) in [4.78, 5) is 42.5. The molecule has 8 heteroatoms. The normalized spacial score (nSPS) is 36.4. The lowest BCUT2D eigenvalue weighted by Gasteiger charge is -2.36. The lowest BCUT2D eigenvalue weighted by Crippen LogP contribution is -2.55. The second-order valence-electron chi connectivity index (χ2n) is 10.3. The van der Waals surface area contributed by atoms with Gasteiger partial charge in [-0.05, 0) is 51.9 Å². The van der Waals surface area contributed by atoms with Gasteiger partial charge < -0.3 is 20.6 Å². The van der Waals surface area contributed by atoms with Crippen LogP contribution in [-0.2, 0) is 14.4 Å². The summed E-state index contributed by atoms with van der Waals surface area (Å²) in [5, 5.41) is 15.6. The number of aliphatic hydroxyl groups is 1. The molecule has 3 heterocycles. The van der Waals surface area contributed by atoms with E-state index in [2.05, 4.69) is 17.6 Å². The van der Waals surface area contributed by atoms with E-state index >= 15 is 0 Å². The topological polar surface area (TPSA) is 98.7 Å². The molecule has 32 heavy (non-hydrogen) atoms. The number of rotatable bonds is 9. The first-order valence-electron chi connectivity index (χ1n) is 12.6. The number of hydrogen-bond donors (Lipinski definition) is 3. The van der Waals surface area contributed by atoms with E-state index < -0.39 is 22.6 Å². The summed E-state index contributed by atoms with van der Waals surface area (Å²) in [6.07, 6.45) is 9.24. The maximum Gasteiger partial charge on any atom is 0.244 e. The number of nitrogens with one attached hydrogen (secondary N) is 2. The summed E-state index contributed by atoms with van der Waals surface area (Å²) in [6, 6.07) is -0.347. The van der Waals surface area contributed by atoms with Gasteiger partial charge in [-0.2, -0.15) is 0 Å². The molecular weight excluding hydrogens is 426 g/mol. The molecular formula is C24H39N3O4S. The van der Waals surface area contributed by atoms with Crippen molar-refractivity contribution in [1.82, 2.24) is 15.5 Å². The first kappa shape index (κ1) is 23.9. The third kappa shape index (κ3) is 3.95. The highest BCUT2D eigenvalue weighted by molar-refractivity contribution is 8.02. The third-order valence-electron chi connectivity index (χ3n) is 8.12.